The average molecular weight is 406 g/mol. The summed E-state index contributed by atoms with van der Waals surface area (Å²) in [6.07, 6.45) is -3.62. The molecule has 0 aromatic heterocycles. The first-order chi connectivity index (χ1) is 7.38. The number of hydrogen-bond donors (Lipinski definition) is 1. The van der Waals surface area contributed by atoms with E-state index in [4.69, 9.17) is 0 Å². The normalized spacial score (nSPS) is 20.2. The van der Waals surface area contributed by atoms with E-state index in [0.29, 0.717) is 16.6 Å². The highest BCUT2D eigenvalue weighted by atomic mass is 127. The van der Waals surface area contributed by atoms with Crippen LogP contribution in [0.5, 0.6) is 0 Å². The van der Waals surface area contributed by atoms with Crippen LogP contribution >= 0.6 is 38.5 Å². The van der Waals surface area contributed by atoms with Crippen LogP contribution in [0.1, 0.15) is 12.0 Å². The van der Waals surface area contributed by atoms with Crippen molar-refractivity contribution in [1.29, 1.82) is 0 Å². The number of fused-ring (bicyclic) bond motifs is 1. The van der Waals surface area contributed by atoms with Gasteiger partial charge in [-0.1, -0.05) is 0 Å². The summed E-state index contributed by atoms with van der Waals surface area (Å²) in [4.78, 5) is 0. The van der Waals surface area contributed by atoms with Crippen molar-refractivity contribution in [1.82, 2.24) is 0 Å². The molecule has 0 saturated heterocycles. The SMILES string of the molecule is FC(F)(F)C1CCc2cc(I)cc(Br)c2N1. The molecule has 16 heavy (non-hydrogen) atoms. The highest BCUT2D eigenvalue weighted by molar-refractivity contribution is 14.1. The van der Waals surface area contributed by atoms with Crippen LogP contribution in [0.4, 0.5) is 18.9 Å². The fourth-order valence-electron chi connectivity index (χ4n) is 1.78. The molecule has 6 heteroatoms. The quantitative estimate of drug-likeness (QED) is 0.633. The summed E-state index contributed by atoms with van der Waals surface area (Å²) >= 11 is 5.45. The van der Waals surface area contributed by atoms with Crippen molar-refractivity contribution in [2.45, 2.75) is 25.1 Å². The van der Waals surface area contributed by atoms with Gasteiger partial charge in [-0.3, -0.25) is 0 Å². The van der Waals surface area contributed by atoms with Crippen LogP contribution in [-0.2, 0) is 6.42 Å². The van der Waals surface area contributed by atoms with E-state index in [0.717, 1.165) is 9.13 Å². The average Bonchev–Trinajstić information content (AvgIpc) is 2.15. The summed E-state index contributed by atoms with van der Waals surface area (Å²) in [5.74, 6) is 0. The summed E-state index contributed by atoms with van der Waals surface area (Å²) in [7, 11) is 0. The van der Waals surface area contributed by atoms with Gasteiger partial charge in [0.05, 0.1) is 5.69 Å². The standard InChI is InChI=1S/C10H8BrF3IN/c11-7-4-6(15)3-5-1-2-8(10(12,13)14)16-9(5)7/h3-4,8,16H,1-2H2. The molecule has 1 heterocycles. The molecule has 0 fully saturated rings. The molecule has 1 N–H and O–H groups in total. The van der Waals surface area contributed by atoms with Gasteiger partial charge in [-0.15, -0.1) is 0 Å². The number of anilines is 1. The van der Waals surface area contributed by atoms with Crippen molar-refractivity contribution < 1.29 is 13.2 Å². The fraction of sp³-hybridized carbons (Fsp3) is 0.400. The minimum atomic E-state index is -4.18. The van der Waals surface area contributed by atoms with E-state index in [1.807, 2.05) is 12.1 Å². The fourth-order valence-corrected chi connectivity index (χ4v) is 3.51. The van der Waals surface area contributed by atoms with Crippen molar-refractivity contribution in [3.05, 3.63) is 25.7 Å². The minimum absolute atomic E-state index is 0.100. The molecule has 0 bridgehead atoms. The lowest BCUT2D eigenvalue weighted by Crippen LogP contribution is -2.39. The van der Waals surface area contributed by atoms with Crippen molar-refractivity contribution in [2.24, 2.45) is 0 Å². The third-order valence-electron chi connectivity index (χ3n) is 2.55. The lowest BCUT2D eigenvalue weighted by Gasteiger charge is -2.29. The molecule has 1 unspecified atom stereocenters. The lowest BCUT2D eigenvalue weighted by atomic mass is 9.98. The zero-order chi connectivity index (χ0) is 11.9. The molecule has 1 nitrogen and oxygen atoms in total. The van der Waals surface area contributed by atoms with Crippen LogP contribution in [0.3, 0.4) is 0 Å². The molecule has 0 saturated carbocycles. The third-order valence-corrected chi connectivity index (χ3v) is 3.80. The van der Waals surface area contributed by atoms with Gasteiger partial charge in [0.1, 0.15) is 6.04 Å². The molecule has 1 aliphatic rings. The van der Waals surface area contributed by atoms with Gasteiger partial charge in [0.2, 0.25) is 0 Å². The molecular formula is C10H8BrF3IN. The van der Waals surface area contributed by atoms with E-state index < -0.39 is 12.2 Å². The summed E-state index contributed by atoms with van der Waals surface area (Å²) < 4.78 is 39.4. The smallest absolute Gasteiger partial charge is 0.373 e. The van der Waals surface area contributed by atoms with Crippen LogP contribution in [0.25, 0.3) is 0 Å². The van der Waals surface area contributed by atoms with Crippen molar-refractivity contribution >= 4 is 44.2 Å². The van der Waals surface area contributed by atoms with Crippen LogP contribution in [0.15, 0.2) is 16.6 Å². The molecular weight excluding hydrogens is 398 g/mol. The number of hydrogen-bond acceptors (Lipinski definition) is 1. The summed E-state index contributed by atoms with van der Waals surface area (Å²) in [5, 5.41) is 2.56. The van der Waals surface area contributed by atoms with E-state index in [-0.39, 0.29) is 6.42 Å². The Hall–Kier alpha value is 0.0200. The summed E-state index contributed by atoms with van der Waals surface area (Å²) in [6, 6.07) is 2.29. The molecule has 0 spiro atoms. The van der Waals surface area contributed by atoms with Gasteiger partial charge in [0.25, 0.3) is 0 Å². The van der Waals surface area contributed by atoms with Crippen LogP contribution in [0, 0.1) is 3.57 Å². The van der Waals surface area contributed by atoms with Gasteiger partial charge in [-0.05, 0) is 69.1 Å². The van der Waals surface area contributed by atoms with Crippen LogP contribution in [-0.4, -0.2) is 12.2 Å². The Balaban J connectivity index is 2.34. The monoisotopic (exact) mass is 405 g/mol. The second kappa shape index (κ2) is 4.36. The maximum Gasteiger partial charge on any atom is 0.408 e. The molecule has 88 valence electrons. The maximum atomic E-state index is 12.6. The number of nitrogens with one attached hydrogen (secondary N) is 1. The molecule has 0 radical (unpaired) electrons. The molecule has 1 atom stereocenters. The third kappa shape index (κ3) is 2.47. The first kappa shape index (κ1) is 12.5. The van der Waals surface area contributed by atoms with Crippen LogP contribution in [0.2, 0.25) is 0 Å². The highest BCUT2D eigenvalue weighted by Crippen LogP contribution is 2.38. The predicted molar refractivity (Wildman–Crippen MR) is 68.6 cm³/mol. The summed E-state index contributed by atoms with van der Waals surface area (Å²) in [6.45, 7) is 0. The number of benzene rings is 1. The number of halogens is 5. The van der Waals surface area contributed by atoms with Gasteiger partial charge in [-0.25, -0.2) is 0 Å². The van der Waals surface area contributed by atoms with E-state index in [2.05, 4.69) is 43.8 Å². The van der Waals surface area contributed by atoms with Crippen LogP contribution < -0.4 is 5.32 Å². The van der Waals surface area contributed by atoms with E-state index >= 15 is 0 Å². The van der Waals surface area contributed by atoms with Crippen molar-refractivity contribution in [3.63, 3.8) is 0 Å². The second-order valence-electron chi connectivity index (χ2n) is 3.70. The van der Waals surface area contributed by atoms with Crippen molar-refractivity contribution in [3.8, 4) is 0 Å². The molecule has 0 amide bonds. The Labute approximate surface area is 113 Å². The molecule has 2 rings (SSSR count). The molecule has 0 aliphatic carbocycles. The number of aryl methyl sites for hydroxylation is 1. The zero-order valence-corrected chi connectivity index (χ0v) is 11.8. The number of rotatable bonds is 0. The largest absolute Gasteiger partial charge is 0.408 e. The van der Waals surface area contributed by atoms with E-state index in [9.17, 15) is 13.2 Å². The van der Waals surface area contributed by atoms with Gasteiger partial charge in [-0.2, -0.15) is 13.2 Å². The Morgan fingerprint density at radius 1 is 1.38 bits per heavy atom. The lowest BCUT2D eigenvalue weighted by molar-refractivity contribution is -0.144. The van der Waals surface area contributed by atoms with E-state index in [1.165, 1.54) is 0 Å². The van der Waals surface area contributed by atoms with E-state index in [1.54, 1.807) is 0 Å². The van der Waals surface area contributed by atoms with Gasteiger partial charge in [0.15, 0.2) is 0 Å². The molecule has 1 aliphatic heterocycles. The topological polar surface area (TPSA) is 12.0 Å². The van der Waals surface area contributed by atoms with Gasteiger partial charge in [0, 0.05) is 8.04 Å². The second-order valence-corrected chi connectivity index (χ2v) is 5.80. The Morgan fingerprint density at radius 2 is 2.06 bits per heavy atom. The molecule has 1 aromatic rings. The van der Waals surface area contributed by atoms with Crippen molar-refractivity contribution in [2.75, 3.05) is 5.32 Å². The van der Waals surface area contributed by atoms with Gasteiger partial charge < -0.3 is 5.32 Å². The predicted octanol–water partition coefficient (Wildman–Crippen LogP) is 4.34. The first-order valence-corrected chi connectivity index (χ1v) is 6.56. The maximum absolute atomic E-state index is 12.6. The number of alkyl halides is 3. The zero-order valence-electron chi connectivity index (χ0n) is 8.04. The first-order valence-electron chi connectivity index (χ1n) is 4.69. The minimum Gasteiger partial charge on any atom is -0.373 e. The Kier molecular flexibility index (Phi) is 3.40. The highest BCUT2D eigenvalue weighted by Gasteiger charge is 2.41. The molecule has 1 aromatic carbocycles. The Morgan fingerprint density at radius 3 is 2.69 bits per heavy atom. The van der Waals surface area contributed by atoms with Gasteiger partial charge >= 0.3 is 6.18 Å². The summed E-state index contributed by atoms with van der Waals surface area (Å²) in [5.41, 5.74) is 1.52. The Bertz CT molecular complexity index is 419.